The van der Waals surface area contributed by atoms with Gasteiger partial charge < -0.3 is 15.8 Å². The highest BCUT2D eigenvalue weighted by molar-refractivity contribution is 6.32. The summed E-state index contributed by atoms with van der Waals surface area (Å²) in [5.41, 5.74) is 8.58. The fourth-order valence-electron chi connectivity index (χ4n) is 3.42. The minimum atomic E-state index is -0.403. The molecule has 8 nitrogen and oxygen atoms in total. The largest absolute Gasteiger partial charge is 0.493 e. The number of benzene rings is 1. The van der Waals surface area contributed by atoms with Gasteiger partial charge in [-0.2, -0.15) is 4.98 Å². The third kappa shape index (κ3) is 4.73. The zero-order chi connectivity index (χ0) is 22.9. The van der Waals surface area contributed by atoms with E-state index in [4.69, 9.17) is 22.1 Å². The predicted molar refractivity (Wildman–Crippen MR) is 121 cm³/mol. The van der Waals surface area contributed by atoms with Crippen molar-refractivity contribution in [1.29, 1.82) is 0 Å². The molecule has 0 saturated heterocycles. The molecular formula is C23H20ClFN6O2. The van der Waals surface area contributed by atoms with Crippen molar-refractivity contribution in [2.24, 2.45) is 5.92 Å². The number of carbonyl (C=O) groups is 1. The minimum Gasteiger partial charge on any atom is -0.493 e. The third-order valence-corrected chi connectivity index (χ3v) is 5.71. The maximum atomic E-state index is 13.7. The number of nitrogens with one attached hydrogen (secondary N) is 1. The van der Waals surface area contributed by atoms with E-state index in [-0.39, 0.29) is 29.0 Å². The lowest BCUT2D eigenvalue weighted by Gasteiger charge is -2.13. The number of pyridine rings is 2. The Morgan fingerprint density at radius 2 is 2.09 bits per heavy atom. The maximum Gasteiger partial charge on any atom is 0.254 e. The molecule has 0 atom stereocenters. The average Bonchev–Trinajstić information content (AvgIpc) is 3.55. The van der Waals surface area contributed by atoms with Gasteiger partial charge in [-0.1, -0.05) is 17.7 Å². The van der Waals surface area contributed by atoms with Gasteiger partial charge in [0.05, 0.1) is 12.2 Å². The van der Waals surface area contributed by atoms with Gasteiger partial charge in [0.2, 0.25) is 5.95 Å². The normalized spacial score (nSPS) is 13.3. The summed E-state index contributed by atoms with van der Waals surface area (Å²) < 4.78 is 21.0. The minimum absolute atomic E-state index is 0.0772. The predicted octanol–water partition coefficient (Wildman–Crippen LogP) is 3.88. The highest BCUT2D eigenvalue weighted by Crippen LogP contribution is 2.31. The molecule has 0 aliphatic heterocycles. The van der Waals surface area contributed by atoms with Gasteiger partial charge in [0, 0.05) is 36.1 Å². The molecule has 1 aromatic carbocycles. The highest BCUT2D eigenvalue weighted by atomic mass is 35.5. The molecule has 0 unspecified atom stereocenters. The standard InChI is InChI=1S/C23H20ClFN6O2/c24-21-18(7-16(11-27-21)14-5-6-31-20(8-14)29-23(26)30-31)22(32)28-10-15-3-4-17(25)9-19(15)33-12-13-1-2-13/h3-9,11,13H,1-2,10,12H2,(H2,26,30)(H,28,32). The Morgan fingerprint density at radius 3 is 2.91 bits per heavy atom. The lowest BCUT2D eigenvalue weighted by Crippen LogP contribution is -2.24. The molecule has 0 bridgehead atoms. The number of aromatic nitrogens is 4. The van der Waals surface area contributed by atoms with E-state index in [2.05, 4.69) is 20.4 Å². The number of hydrogen-bond acceptors (Lipinski definition) is 6. The fraction of sp³-hybridized carbons (Fsp3) is 0.217. The summed E-state index contributed by atoms with van der Waals surface area (Å²) in [5.74, 6) is 0.336. The van der Waals surface area contributed by atoms with Crippen LogP contribution in [0.3, 0.4) is 0 Å². The van der Waals surface area contributed by atoms with Crippen LogP contribution < -0.4 is 15.8 Å². The molecule has 1 aliphatic rings. The summed E-state index contributed by atoms with van der Waals surface area (Å²) in [4.78, 5) is 21.2. The molecule has 1 fully saturated rings. The molecule has 1 saturated carbocycles. The van der Waals surface area contributed by atoms with E-state index >= 15 is 0 Å². The number of nitrogen functional groups attached to an aromatic ring is 1. The summed E-state index contributed by atoms with van der Waals surface area (Å²) in [6.07, 6.45) is 5.55. The maximum absolute atomic E-state index is 13.7. The topological polar surface area (TPSA) is 107 Å². The summed E-state index contributed by atoms with van der Waals surface area (Å²) in [6.45, 7) is 0.703. The molecule has 1 amide bonds. The van der Waals surface area contributed by atoms with E-state index in [0.29, 0.717) is 35.0 Å². The molecule has 0 spiro atoms. The van der Waals surface area contributed by atoms with E-state index in [1.54, 1.807) is 35.1 Å². The Balaban J connectivity index is 1.34. The summed E-state index contributed by atoms with van der Waals surface area (Å²) in [6, 6.07) is 9.55. The van der Waals surface area contributed by atoms with Gasteiger partial charge >= 0.3 is 0 Å². The van der Waals surface area contributed by atoms with Gasteiger partial charge in [0.1, 0.15) is 16.7 Å². The van der Waals surface area contributed by atoms with Crippen LogP contribution in [0, 0.1) is 11.7 Å². The Kier molecular flexibility index (Phi) is 5.55. The van der Waals surface area contributed by atoms with Crippen molar-refractivity contribution in [2.75, 3.05) is 12.3 Å². The number of hydrogen-bond donors (Lipinski definition) is 2. The number of amides is 1. The third-order valence-electron chi connectivity index (χ3n) is 5.41. The number of nitrogens with two attached hydrogens (primary N) is 1. The molecule has 10 heteroatoms. The number of rotatable bonds is 7. The Bertz CT molecular complexity index is 1350. The molecule has 33 heavy (non-hydrogen) atoms. The number of anilines is 1. The van der Waals surface area contributed by atoms with Crippen LogP contribution in [0.5, 0.6) is 5.75 Å². The number of ether oxygens (including phenoxy) is 1. The van der Waals surface area contributed by atoms with Crippen LogP contribution in [-0.2, 0) is 6.54 Å². The van der Waals surface area contributed by atoms with Crippen molar-refractivity contribution in [1.82, 2.24) is 24.9 Å². The first-order valence-electron chi connectivity index (χ1n) is 10.4. The quantitative estimate of drug-likeness (QED) is 0.400. The number of carbonyl (C=O) groups excluding carboxylic acids is 1. The van der Waals surface area contributed by atoms with E-state index in [0.717, 1.165) is 18.4 Å². The molecule has 0 radical (unpaired) electrons. The monoisotopic (exact) mass is 466 g/mol. The zero-order valence-electron chi connectivity index (χ0n) is 17.5. The van der Waals surface area contributed by atoms with Crippen molar-refractivity contribution in [2.45, 2.75) is 19.4 Å². The summed E-state index contributed by atoms with van der Waals surface area (Å²) in [5, 5.41) is 6.95. The first-order valence-corrected chi connectivity index (χ1v) is 10.8. The van der Waals surface area contributed by atoms with Crippen LogP contribution in [-0.4, -0.2) is 32.1 Å². The molecule has 3 heterocycles. The molecule has 4 aromatic rings. The Labute approximate surface area is 193 Å². The first kappa shape index (κ1) is 21.1. The lowest BCUT2D eigenvalue weighted by molar-refractivity contribution is 0.0950. The van der Waals surface area contributed by atoms with E-state index in [9.17, 15) is 9.18 Å². The molecule has 5 rings (SSSR count). The smallest absolute Gasteiger partial charge is 0.254 e. The van der Waals surface area contributed by atoms with Crippen LogP contribution >= 0.6 is 11.6 Å². The fourth-order valence-corrected chi connectivity index (χ4v) is 3.60. The van der Waals surface area contributed by atoms with Gasteiger partial charge in [-0.3, -0.25) is 4.79 Å². The van der Waals surface area contributed by atoms with Gasteiger partial charge in [-0.05, 0) is 48.6 Å². The Morgan fingerprint density at radius 1 is 1.24 bits per heavy atom. The molecular weight excluding hydrogens is 447 g/mol. The van der Waals surface area contributed by atoms with E-state index in [1.807, 2.05) is 6.07 Å². The van der Waals surface area contributed by atoms with Crippen molar-refractivity contribution in [3.63, 3.8) is 0 Å². The lowest BCUT2D eigenvalue weighted by atomic mass is 10.1. The van der Waals surface area contributed by atoms with Crippen LogP contribution in [0.15, 0.2) is 48.8 Å². The SMILES string of the molecule is Nc1nc2cc(-c3cnc(Cl)c(C(=O)NCc4ccc(F)cc4OCC4CC4)c3)ccn2n1. The van der Waals surface area contributed by atoms with Gasteiger partial charge in [-0.15, -0.1) is 5.10 Å². The van der Waals surface area contributed by atoms with Crippen molar-refractivity contribution in [3.8, 4) is 16.9 Å². The van der Waals surface area contributed by atoms with Crippen LogP contribution in [0.1, 0.15) is 28.8 Å². The van der Waals surface area contributed by atoms with Crippen LogP contribution in [0.25, 0.3) is 16.8 Å². The first-order chi connectivity index (χ1) is 16.0. The van der Waals surface area contributed by atoms with Gasteiger partial charge in [-0.25, -0.2) is 13.9 Å². The summed E-state index contributed by atoms with van der Waals surface area (Å²) in [7, 11) is 0. The zero-order valence-corrected chi connectivity index (χ0v) is 18.2. The second kappa shape index (κ2) is 8.67. The number of fused-ring (bicyclic) bond motifs is 1. The van der Waals surface area contributed by atoms with Crippen molar-refractivity contribution >= 4 is 29.1 Å². The Hall–Kier alpha value is -3.72. The highest BCUT2D eigenvalue weighted by Gasteiger charge is 2.22. The molecule has 168 valence electrons. The summed E-state index contributed by atoms with van der Waals surface area (Å²) >= 11 is 6.21. The second-order valence-electron chi connectivity index (χ2n) is 7.94. The van der Waals surface area contributed by atoms with Gasteiger partial charge in [0.15, 0.2) is 5.65 Å². The average molecular weight is 467 g/mol. The van der Waals surface area contributed by atoms with E-state index < -0.39 is 5.91 Å². The molecule has 3 aromatic heterocycles. The van der Waals surface area contributed by atoms with Crippen molar-refractivity contribution in [3.05, 3.63) is 70.9 Å². The van der Waals surface area contributed by atoms with E-state index in [1.165, 1.54) is 12.1 Å². The van der Waals surface area contributed by atoms with Crippen LogP contribution in [0.2, 0.25) is 5.15 Å². The van der Waals surface area contributed by atoms with Gasteiger partial charge in [0.25, 0.3) is 5.91 Å². The number of nitrogens with zero attached hydrogens (tertiary/aromatic N) is 4. The van der Waals surface area contributed by atoms with Crippen molar-refractivity contribution < 1.29 is 13.9 Å². The molecule has 3 N–H and O–H groups in total. The molecule has 1 aliphatic carbocycles. The second-order valence-corrected chi connectivity index (χ2v) is 8.30. The number of halogens is 2. The van der Waals surface area contributed by atoms with Crippen LogP contribution in [0.4, 0.5) is 10.3 Å².